The Bertz CT molecular complexity index is 426. The molecule has 20 heavy (non-hydrogen) atoms. The second-order valence-corrected chi connectivity index (χ2v) is 4.93. The van der Waals surface area contributed by atoms with Crippen LogP contribution in [0.15, 0.2) is 12.1 Å². The highest BCUT2D eigenvalue weighted by molar-refractivity contribution is 6.32. The molecule has 0 aromatic heterocycles. The van der Waals surface area contributed by atoms with Crippen molar-refractivity contribution in [1.82, 2.24) is 10.2 Å². The van der Waals surface area contributed by atoms with Gasteiger partial charge in [0.05, 0.1) is 11.1 Å². The summed E-state index contributed by atoms with van der Waals surface area (Å²) in [6, 6.07) is 2.40. The lowest BCUT2D eigenvalue weighted by atomic mass is 10.0. The Balaban J connectivity index is 0.00000180. The fraction of sp³-hybridized carbons (Fsp3) is 0.538. The molecule has 2 rings (SSSR count). The Morgan fingerprint density at radius 1 is 1.30 bits per heavy atom. The Labute approximate surface area is 135 Å². The van der Waals surface area contributed by atoms with Gasteiger partial charge in [0.25, 0.3) is 0 Å². The van der Waals surface area contributed by atoms with E-state index in [1.165, 1.54) is 6.07 Å². The van der Waals surface area contributed by atoms with Crippen LogP contribution in [0.3, 0.4) is 0 Å². The van der Waals surface area contributed by atoms with Gasteiger partial charge >= 0.3 is 0 Å². The van der Waals surface area contributed by atoms with Crippen molar-refractivity contribution < 1.29 is 8.78 Å². The van der Waals surface area contributed by atoms with Crippen LogP contribution in [-0.4, -0.2) is 37.8 Å². The average molecular weight is 348 g/mol. The Morgan fingerprint density at radius 2 is 1.90 bits per heavy atom. The molecular weight excluding hydrogens is 329 g/mol. The summed E-state index contributed by atoms with van der Waals surface area (Å²) in [5, 5.41) is 3.54. The third-order valence-electron chi connectivity index (χ3n) is 3.39. The molecule has 7 heteroatoms. The van der Waals surface area contributed by atoms with Crippen molar-refractivity contribution in [3.8, 4) is 0 Å². The predicted molar refractivity (Wildman–Crippen MR) is 83.8 cm³/mol. The summed E-state index contributed by atoms with van der Waals surface area (Å²) in [4.78, 5) is 1.94. The van der Waals surface area contributed by atoms with Crippen molar-refractivity contribution in [3.63, 3.8) is 0 Å². The number of rotatable bonds is 3. The van der Waals surface area contributed by atoms with Gasteiger partial charge in [-0.3, -0.25) is 4.90 Å². The maximum atomic E-state index is 13.9. The van der Waals surface area contributed by atoms with Gasteiger partial charge in [-0.25, -0.2) is 8.78 Å². The Hall–Kier alpha value is -0.130. The van der Waals surface area contributed by atoms with Crippen molar-refractivity contribution in [2.45, 2.75) is 13.0 Å². The molecule has 116 valence electrons. The number of hydrogen-bond donors (Lipinski definition) is 1. The first-order valence-corrected chi connectivity index (χ1v) is 6.48. The van der Waals surface area contributed by atoms with E-state index in [9.17, 15) is 8.78 Å². The van der Waals surface area contributed by atoms with Crippen LogP contribution < -0.4 is 5.32 Å². The number of piperazine rings is 1. The fourth-order valence-corrected chi connectivity index (χ4v) is 2.61. The van der Waals surface area contributed by atoms with E-state index in [0.717, 1.165) is 18.7 Å². The molecule has 0 radical (unpaired) electrons. The molecule has 0 aliphatic carbocycles. The van der Waals surface area contributed by atoms with E-state index in [1.54, 1.807) is 13.0 Å². The number of aryl methyl sites for hydroxylation is 1. The molecule has 1 N–H and O–H groups in total. The topological polar surface area (TPSA) is 15.3 Å². The van der Waals surface area contributed by atoms with E-state index in [-0.39, 0.29) is 24.8 Å². The second-order valence-electron chi connectivity index (χ2n) is 4.55. The first-order valence-electron chi connectivity index (χ1n) is 6.10. The third-order valence-corrected chi connectivity index (χ3v) is 3.89. The number of hydrogen-bond acceptors (Lipinski definition) is 2. The van der Waals surface area contributed by atoms with Crippen LogP contribution in [0, 0.1) is 12.7 Å². The Morgan fingerprint density at radius 3 is 2.45 bits per heavy atom. The maximum Gasteiger partial charge on any atom is 0.129 e. The standard InChI is InChI=1S/C13H17ClF2N2.2ClH/c1-9-2-3-10(16)12(13(9)14)11(8-15)18-6-4-17-5-7-18;;/h2-3,11,17H,4-8H2,1H3;2*1H/t11-;;/m1../s1. The lowest BCUT2D eigenvalue weighted by Gasteiger charge is -2.34. The van der Waals surface area contributed by atoms with Crippen molar-refractivity contribution in [1.29, 1.82) is 0 Å². The minimum absolute atomic E-state index is 0. The summed E-state index contributed by atoms with van der Waals surface area (Å²) < 4.78 is 27.3. The normalized spacial score (nSPS) is 17.0. The molecule has 0 amide bonds. The smallest absolute Gasteiger partial charge is 0.129 e. The van der Waals surface area contributed by atoms with E-state index in [2.05, 4.69) is 5.32 Å². The quantitative estimate of drug-likeness (QED) is 0.899. The SMILES string of the molecule is Cc1ccc(F)c([C@@H](CF)N2CCNCC2)c1Cl.Cl.Cl. The summed E-state index contributed by atoms with van der Waals surface area (Å²) in [7, 11) is 0. The van der Waals surface area contributed by atoms with E-state index in [4.69, 9.17) is 11.6 Å². The monoisotopic (exact) mass is 346 g/mol. The molecule has 0 bridgehead atoms. The van der Waals surface area contributed by atoms with Gasteiger partial charge in [0.1, 0.15) is 12.5 Å². The molecule has 1 aliphatic heterocycles. The molecule has 1 aromatic rings. The number of nitrogens with one attached hydrogen (secondary N) is 1. The molecule has 1 aromatic carbocycles. The molecule has 0 unspecified atom stereocenters. The third kappa shape index (κ3) is 4.18. The molecule has 2 nitrogen and oxygen atoms in total. The van der Waals surface area contributed by atoms with Gasteiger partial charge in [0.15, 0.2) is 0 Å². The summed E-state index contributed by atoms with van der Waals surface area (Å²) in [6.45, 7) is 4.18. The van der Waals surface area contributed by atoms with E-state index < -0.39 is 18.5 Å². The van der Waals surface area contributed by atoms with Crippen LogP contribution in [-0.2, 0) is 0 Å². The van der Waals surface area contributed by atoms with Crippen LogP contribution in [0.25, 0.3) is 0 Å². The van der Waals surface area contributed by atoms with Gasteiger partial charge in [0, 0.05) is 31.7 Å². The summed E-state index contributed by atoms with van der Waals surface area (Å²) in [5.41, 5.74) is 1.07. The number of nitrogens with zero attached hydrogens (tertiary/aromatic N) is 1. The first-order chi connectivity index (χ1) is 8.65. The van der Waals surface area contributed by atoms with Crippen LogP contribution in [0.5, 0.6) is 0 Å². The molecule has 1 fully saturated rings. The summed E-state index contributed by atoms with van der Waals surface area (Å²) in [5.74, 6) is -0.424. The van der Waals surface area contributed by atoms with Crippen LogP contribution >= 0.6 is 36.4 Å². The van der Waals surface area contributed by atoms with E-state index >= 15 is 0 Å². The zero-order chi connectivity index (χ0) is 13.1. The molecule has 1 heterocycles. The van der Waals surface area contributed by atoms with Gasteiger partial charge in [-0.1, -0.05) is 17.7 Å². The Kier molecular flexibility index (Phi) is 8.95. The molecule has 1 atom stereocenters. The highest BCUT2D eigenvalue weighted by atomic mass is 35.5. The van der Waals surface area contributed by atoms with Gasteiger partial charge < -0.3 is 5.32 Å². The minimum Gasteiger partial charge on any atom is -0.314 e. The van der Waals surface area contributed by atoms with Crippen LogP contribution in [0.4, 0.5) is 8.78 Å². The number of alkyl halides is 1. The lowest BCUT2D eigenvalue weighted by Crippen LogP contribution is -2.46. The van der Waals surface area contributed by atoms with Gasteiger partial charge in [-0.05, 0) is 18.6 Å². The summed E-state index contributed by atoms with van der Waals surface area (Å²) >= 11 is 6.14. The van der Waals surface area contributed by atoms with Crippen molar-refractivity contribution in [3.05, 3.63) is 34.1 Å². The number of halogens is 5. The first kappa shape index (κ1) is 19.9. The maximum absolute atomic E-state index is 13.9. The lowest BCUT2D eigenvalue weighted by molar-refractivity contribution is 0.144. The highest BCUT2D eigenvalue weighted by Crippen LogP contribution is 2.32. The predicted octanol–water partition coefficient (Wildman–Crippen LogP) is 3.55. The van der Waals surface area contributed by atoms with E-state index in [0.29, 0.717) is 23.7 Å². The minimum atomic E-state index is -0.625. The van der Waals surface area contributed by atoms with Gasteiger partial charge in [-0.15, -0.1) is 24.8 Å². The van der Waals surface area contributed by atoms with Crippen molar-refractivity contribution in [2.24, 2.45) is 0 Å². The van der Waals surface area contributed by atoms with Crippen molar-refractivity contribution in [2.75, 3.05) is 32.9 Å². The largest absolute Gasteiger partial charge is 0.314 e. The molecular formula is C13H19Cl3F2N2. The molecule has 1 saturated heterocycles. The molecule has 1 aliphatic rings. The fourth-order valence-electron chi connectivity index (χ4n) is 2.33. The molecule has 0 spiro atoms. The zero-order valence-corrected chi connectivity index (χ0v) is 13.6. The van der Waals surface area contributed by atoms with Gasteiger partial charge in [0.2, 0.25) is 0 Å². The number of benzene rings is 1. The highest BCUT2D eigenvalue weighted by Gasteiger charge is 2.27. The van der Waals surface area contributed by atoms with Crippen molar-refractivity contribution >= 4 is 36.4 Å². The van der Waals surface area contributed by atoms with Gasteiger partial charge in [-0.2, -0.15) is 0 Å². The average Bonchev–Trinajstić information content (AvgIpc) is 2.40. The van der Waals surface area contributed by atoms with Crippen LogP contribution in [0.2, 0.25) is 5.02 Å². The summed E-state index contributed by atoms with van der Waals surface area (Å²) in [6.07, 6.45) is 0. The van der Waals surface area contributed by atoms with E-state index in [1.807, 2.05) is 4.90 Å². The second kappa shape index (κ2) is 9.00. The van der Waals surface area contributed by atoms with Crippen LogP contribution in [0.1, 0.15) is 17.2 Å². The molecule has 0 saturated carbocycles. The zero-order valence-electron chi connectivity index (χ0n) is 11.2.